The van der Waals surface area contributed by atoms with Crippen LogP contribution in [0.25, 0.3) is 11.3 Å². The van der Waals surface area contributed by atoms with Crippen LogP contribution in [0.5, 0.6) is 0 Å². The van der Waals surface area contributed by atoms with Gasteiger partial charge < -0.3 is 4.74 Å². The fourth-order valence-electron chi connectivity index (χ4n) is 2.03. The summed E-state index contributed by atoms with van der Waals surface area (Å²) in [5, 5.41) is 18.7. The minimum absolute atomic E-state index is 0.0442. The third kappa shape index (κ3) is 4.01. The molecular weight excluding hydrogens is 359 g/mol. The van der Waals surface area contributed by atoms with Crippen molar-refractivity contribution in [2.45, 2.75) is 32.9 Å². The maximum atomic E-state index is 12.0. The zero-order valence-electron chi connectivity index (χ0n) is 13.1. The van der Waals surface area contributed by atoms with Gasteiger partial charge in [-0.2, -0.15) is 0 Å². The molecule has 0 saturated heterocycles. The number of ether oxygens (including phenoxy) is 1. The van der Waals surface area contributed by atoms with E-state index in [0.717, 1.165) is 4.68 Å². The maximum Gasteiger partial charge on any atom is 0.328 e. The first kappa shape index (κ1) is 18.2. The first-order chi connectivity index (χ1) is 11.1. The minimum Gasteiger partial charge on any atom is -0.459 e. The Balaban J connectivity index is 2.49. The molecule has 0 fully saturated rings. The molecule has 0 atom stereocenters. The molecule has 1 heterocycles. The Morgan fingerprint density at radius 3 is 2.62 bits per heavy atom. The van der Waals surface area contributed by atoms with E-state index < -0.39 is 16.5 Å². The van der Waals surface area contributed by atoms with Gasteiger partial charge >= 0.3 is 5.97 Å². The van der Waals surface area contributed by atoms with Crippen LogP contribution in [-0.4, -0.2) is 31.5 Å². The van der Waals surface area contributed by atoms with Gasteiger partial charge in [0.1, 0.15) is 17.8 Å². The number of rotatable bonds is 4. The van der Waals surface area contributed by atoms with Crippen LogP contribution < -0.4 is 0 Å². The monoisotopic (exact) mass is 372 g/mol. The Labute approximate surface area is 147 Å². The van der Waals surface area contributed by atoms with Gasteiger partial charge in [-0.15, -0.1) is 5.10 Å². The number of benzene rings is 1. The average Bonchev–Trinajstić information content (AvgIpc) is 2.77. The van der Waals surface area contributed by atoms with E-state index in [4.69, 9.17) is 27.9 Å². The molecule has 0 bridgehead atoms. The number of hydrogen-bond donors (Lipinski definition) is 0. The summed E-state index contributed by atoms with van der Waals surface area (Å²) in [7, 11) is 0. The van der Waals surface area contributed by atoms with Crippen LogP contribution >= 0.6 is 23.2 Å². The molecule has 1 aromatic heterocycles. The van der Waals surface area contributed by atoms with Gasteiger partial charge in [0.2, 0.25) is 0 Å². The van der Waals surface area contributed by atoms with Gasteiger partial charge in [-0.1, -0.05) is 34.5 Å². The largest absolute Gasteiger partial charge is 0.459 e. The third-order valence-corrected chi connectivity index (χ3v) is 3.39. The summed E-state index contributed by atoms with van der Waals surface area (Å²) in [6.45, 7) is 4.85. The molecule has 0 aliphatic carbocycles. The molecule has 2 aromatic rings. The highest BCUT2D eigenvalue weighted by Crippen LogP contribution is 2.38. The second kappa shape index (κ2) is 6.74. The van der Waals surface area contributed by atoms with E-state index in [1.807, 2.05) is 0 Å². The summed E-state index contributed by atoms with van der Waals surface area (Å²) in [6.07, 6.45) is 0. The number of carbonyl (C=O) groups excluding carboxylic acids is 1. The molecule has 24 heavy (non-hydrogen) atoms. The van der Waals surface area contributed by atoms with Crippen molar-refractivity contribution < 1.29 is 14.5 Å². The Bertz CT molecular complexity index is 799. The predicted molar refractivity (Wildman–Crippen MR) is 88.0 cm³/mol. The molecule has 0 aliphatic heterocycles. The molecule has 0 N–H and O–H groups in total. The number of nitrogens with zero attached hydrogens (tertiary/aromatic N) is 4. The maximum absolute atomic E-state index is 12.0. The fourth-order valence-corrected chi connectivity index (χ4v) is 2.52. The molecular formula is C14H14Cl2N4O4. The molecule has 0 aliphatic rings. The lowest BCUT2D eigenvalue weighted by atomic mass is 10.1. The van der Waals surface area contributed by atoms with Crippen molar-refractivity contribution >= 4 is 34.9 Å². The van der Waals surface area contributed by atoms with E-state index in [-0.39, 0.29) is 33.7 Å². The van der Waals surface area contributed by atoms with E-state index in [1.54, 1.807) is 20.8 Å². The van der Waals surface area contributed by atoms with Crippen LogP contribution in [0.3, 0.4) is 0 Å². The topological polar surface area (TPSA) is 100 Å². The smallest absolute Gasteiger partial charge is 0.328 e. The number of esters is 1. The van der Waals surface area contributed by atoms with Gasteiger partial charge in [0.25, 0.3) is 5.69 Å². The normalized spacial score (nSPS) is 11.4. The molecule has 0 unspecified atom stereocenters. The second-order valence-corrected chi connectivity index (χ2v) is 6.63. The van der Waals surface area contributed by atoms with Crippen LogP contribution in [0.4, 0.5) is 5.69 Å². The molecule has 0 amide bonds. The SMILES string of the molecule is CC(C)(C)OC(=O)Cn1nnc(Cl)c1-c1c(Cl)cccc1[N+](=O)[O-]. The lowest BCUT2D eigenvalue weighted by Crippen LogP contribution is -2.27. The number of aromatic nitrogens is 3. The number of hydrogen-bond acceptors (Lipinski definition) is 6. The van der Waals surface area contributed by atoms with E-state index in [1.165, 1.54) is 18.2 Å². The molecule has 8 nitrogen and oxygen atoms in total. The molecule has 0 radical (unpaired) electrons. The van der Waals surface area contributed by atoms with Crippen LogP contribution in [0.1, 0.15) is 20.8 Å². The highest BCUT2D eigenvalue weighted by atomic mass is 35.5. The van der Waals surface area contributed by atoms with Crippen LogP contribution in [0.2, 0.25) is 10.2 Å². The number of carbonyl (C=O) groups is 1. The van der Waals surface area contributed by atoms with Crippen molar-refractivity contribution in [2.24, 2.45) is 0 Å². The molecule has 2 rings (SSSR count). The summed E-state index contributed by atoms with van der Waals surface area (Å²) < 4.78 is 6.34. The van der Waals surface area contributed by atoms with E-state index in [9.17, 15) is 14.9 Å². The molecule has 1 aromatic carbocycles. The number of halogens is 2. The molecule has 10 heteroatoms. The van der Waals surface area contributed by atoms with Gasteiger partial charge in [0.05, 0.1) is 15.5 Å². The van der Waals surface area contributed by atoms with Crippen molar-refractivity contribution in [2.75, 3.05) is 0 Å². The lowest BCUT2D eigenvalue weighted by molar-refractivity contribution is -0.384. The molecule has 0 spiro atoms. The van der Waals surface area contributed by atoms with Gasteiger partial charge in [-0.3, -0.25) is 14.9 Å². The molecule has 128 valence electrons. The molecule has 0 saturated carbocycles. The standard InChI is InChI=1S/C14H14Cl2N4O4/c1-14(2,3)24-10(21)7-19-12(13(16)17-18-19)11-8(15)5-4-6-9(11)20(22)23/h4-6H,7H2,1-3H3. The van der Waals surface area contributed by atoms with E-state index in [2.05, 4.69) is 10.3 Å². The van der Waals surface area contributed by atoms with E-state index in [0.29, 0.717) is 0 Å². The number of nitro groups is 1. The van der Waals surface area contributed by atoms with Crippen LogP contribution in [0.15, 0.2) is 18.2 Å². The third-order valence-electron chi connectivity index (χ3n) is 2.82. The van der Waals surface area contributed by atoms with Gasteiger partial charge in [0.15, 0.2) is 5.15 Å². The highest BCUT2D eigenvalue weighted by molar-refractivity contribution is 6.36. The zero-order chi connectivity index (χ0) is 18.1. The van der Waals surface area contributed by atoms with E-state index >= 15 is 0 Å². The summed E-state index contributed by atoms with van der Waals surface area (Å²) in [4.78, 5) is 22.7. The van der Waals surface area contributed by atoms with Crippen molar-refractivity contribution in [1.29, 1.82) is 0 Å². The lowest BCUT2D eigenvalue weighted by Gasteiger charge is -2.19. The summed E-state index contributed by atoms with van der Waals surface area (Å²) in [6, 6.07) is 4.20. The van der Waals surface area contributed by atoms with Gasteiger partial charge in [0, 0.05) is 6.07 Å². The summed E-state index contributed by atoms with van der Waals surface area (Å²) >= 11 is 12.1. The zero-order valence-corrected chi connectivity index (χ0v) is 14.6. The van der Waals surface area contributed by atoms with Crippen molar-refractivity contribution in [1.82, 2.24) is 15.0 Å². The van der Waals surface area contributed by atoms with Crippen molar-refractivity contribution in [3.05, 3.63) is 38.5 Å². The van der Waals surface area contributed by atoms with Crippen LogP contribution in [0, 0.1) is 10.1 Å². The van der Waals surface area contributed by atoms with Gasteiger partial charge in [-0.25, -0.2) is 4.68 Å². The Morgan fingerprint density at radius 2 is 2.04 bits per heavy atom. The van der Waals surface area contributed by atoms with Crippen molar-refractivity contribution in [3.63, 3.8) is 0 Å². The quantitative estimate of drug-likeness (QED) is 0.462. The van der Waals surface area contributed by atoms with Crippen LogP contribution in [-0.2, 0) is 16.1 Å². The van der Waals surface area contributed by atoms with Gasteiger partial charge in [-0.05, 0) is 26.8 Å². The Morgan fingerprint density at radius 1 is 1.38 bits per heavy atom. The minimum atomic E-state index is -0.683. The summed E-state index contributed by atoms with van der Waals surface area (Å²) in [5.41, 5.74) is -0.822. The first-order valence-electron chi connectivity index (χ1n) is 6.84. The highest BCUT2D eigenvalue weighted by Gasteiger charge is 2.27. The predicted octanol–water partition coefficient (Wildman–Crippen LogP) is 3.50. The first-order valence-corrected chi connectivity index (χ1v) is 7.60. The Kier molecular flexibility index (Phi) is 5.10. The Hall–Kier alpha value is -2.19. The second-order valence-electron chi connectivity index (χ2n) is 5.86. The average molecular weight is 373 g/mol. The van der Waals surface area contributed by atoms with Crippen molar-refractivity contribution in [3.8, 4) is 11.3 Å². The summed E-state index contributed by atoms with van der Waals surface area (Å²) in [5.74, 6) is -0.583. The fraction of sp³-hybridized carbons (Fsp3) is 0.357. The number of nitro benzene ring substituents is 1.